The van der Waals surface area contributed by atoms with Gasteiger partial charge in [-0.15, -0.1) is 0 Å². The summed E-state index contributed by atoms with van der Waals surface area (Å²) in [4.78, 5) is 0. The molecule has 0 saturated heterocycles. The molecule has 0 heterocycles. The van der Waals surface area contributed by atoms with Gasteiger partial charge in [0, 0.05) is 6.54 Å². The van der Waals surface area contributed by atoms with Gasteiger partial charge < -0.3 is 25.4 Å². The Morgan fingerprint density at radius 1 is 1.07 bits per heavy atom. The topological polar surface area (TPSA) is 79.7 Å². The van der Waals surface area contributed by atoms with Crippen molar-refractivity contribution in [1.29, 1.82) is 0 Å². The predicted molar refractivity (Wildman–Crippen MR) is 118 cm³/mol. The van der Waals surface area contributed by atoms with Crippen LogP contribution in [0.5, 0.6) is 11.5 Å². The molecule has 28 heavy (non-hydrogen) atoms. The minimum Gasteiger partial charge on any atom is -0.491 e. The first-order chi connectivity index (χ1) is 13.1. The number of anilines is 1. The zero-order valence-electron chi connectivity index (χ0n) is 17.9. The Morgan fingerprint density at radius 2 is 1.71 bits per heavy atom. The van der Waals surface area contributed by atoms with Crippen LogP contribution in [0.3, 0.4) is 0 Å². The smallest absolute Gasteiger partial charge is 0.192 e. The first-order valence-corrected chi connectivity index (χ1v) is 12.5. The fraction of sp³-hybridized carbons (Fsp3) is 0.455. The van der Waals surface area contributed by atoms with Crippen molar-refractivity contribution in [3.8, 4) is 11.5 Å². The summed E-state index contributed by atoms with van der Waals surface area (Å²) in [6.45, 7) is 11.9. The Hall–Kier alpha value is -2.02. The molecule has 4 N–H and O–H groups in total. The standard InChI is InChI=1S/C22H34N2O3Si/c1-22(2,3)28(5,6)27-20(14-23)17-12-18(24)21(25-4)19(13-17)26-15-16-10-8-7-9-11-16/h7-13,20H,14-15,23-24H2,1-6H3. The van der Waals surface area contributed by atoms with E-state index in [2.05, 4.69) is 33.9 Å². The molecule has 1 unspecified atom stereocenters. The molecular weight excluding hydrogens is 368 g/mol. The lowest BCUT2D eigenvalue weighted by Crippen LogP contribution is -2.43. The average molecular weight is 403 g/mol. The van der Waals surface area contributed by atoms with E-state index >= 15 is 0 Å². The summed E-state index contributed by atoms with van der Waals surface area (Å²) < 4.78 is 18.1. The third-order valence-electron chi connectivity index (χ3n) is 5.38. The summed E-state index contributed by atoms with van der Waals surface area (Å²) in [5, 5.41) is 0.0884. The number of nitrogen functional groups attached to an aromatic ring is 1. The zero-order chi connectivity index (χ0) is 20.9. The maximum Gasteiger partial charge on any atom is 0.192 e. The molecule has 0 bridgehead atoms. The van der Waals surface area contributed by atoms with Crippen molar-refractivity contribution in [3.63, 3.8) is 0 Å². The third-order valence-corrected chi connectivity index (χ3v) is 9.86. The van der Waals surface area contributed by atoms with Crippen molar-refractivity contribution in [2.75, 3.05) is 19.4 Å². The lowest BCUT2D eigenvalue weighted by atomic mass is 10.1. The van der Waals surface area contributed by atoms with Crippen LogP contribution in [0.2, 0.25) is 18.1 Å². The normalized spacial score (nSPS) is 13.2. The highest BCUT2D eigenvalue weighted by Crippen LogP contribution is 2.42. The lowest BCUT2D eigenvalue weighted by molar-refractivity contribution is 0.190. The first kappa shape index (κ1) is 22.3. The second-order valence-corrected chi connectivity index (χ2v) is 13.3. The van der Waals surface area contributed by atoms with Gasteiger partial charge in [-0.3, -0.25) is 0 Å². The number of hydrogen-bond acceptors (Lipinski definition) is 5. The van der Waals surface area contributed by atoms with E-state index in [0.717, 1.165) is 11.1 Å². The van der Waals surface area contributed by atoms with Crippen molar-refractivity contribution in [2.24, 2.45) is 5.73 Å². The molecule has 154 valence electrons. The number of rotatable bonds is 8. The molecule has 0 aliphatic carbocycles. The van der Waals surface area contributed by atoms with Gasteiger partial charge >= 0.3 is 0 Å². The minimum absolute atomic E-state index is 0.0884. The Kier molecular flexibility index (Phi) is 7.15. The van der Waals surface area contributed by atoms with E-state index in [0.29, 0.717) is 30.3 Å². The maximum atomic E-state index is 6.55. The highest BCUT2D eigenvalue weighted by molar-refractivity contribution is 6.74. The molecule has 0 radical (unpaired) electrons. The molecule has 2 rings (SSSR count). The van der Waals surface area contributed by atoms with Crippen molar-refractivity contribution >= 4 is 14.0 Å². The van der Waals surface area contributed by atoms with Crippen LogP contribution in [-0.4, -0.2) is 22.0 Å². The molecule has 0 aliphatic rings. The van der Waals surface area contributed by atoms with Gasteiger partial charge in [-0.1, -0.05) is 51.1 Å². The van der Waals surface area contributed by atoms with Crippen molar-refractivity contribution in [3.05, 3.63) is 53.6 Å². The van der Waals surface area contributed by atoms with Gasteiger partial charge in [0.15, 0.2) is 19.8 Å². The fourth-order valence-corrected chi connectivity index (χ4v) is 3.97. The SMILES string of the molecule is COc1c(N)cc(C(CN)O[Si](C)(C)C(C)(C)C)cc1OCc1ccccc1. The third kappa shape index (κ3) is 5.28. The summed E-state index contributed by atoms with van der Waals surface area (Å²) >= 11 is 0. The fourth-order valence-electron chi connectivity index (χ4n) is 2.68. The maximum absolute atomic E-state index is 6.55. The monoisotopic (exact) mass is 402 g/mol. The average Bonchev–Trinajstić information content (AvgIpc) is 2.64. The molecule has 2 aromatic rings. The van der Waals surface area contributed by atoms with E-state index in [4.69, 9.17) is 25.4 Å². The second-order valence-electron chi connectivity index (χ2n) is 8.52. The van der Waals surface area contributed by atoms with E-state index in [-0.39, 0.29) is 11.1 Å². The van der Waals surface area contributed by atoms with Crippen LogP contribution < -0.4 is 20.9 Å². The van der Waals surface area contributed by atoms with Crippen molar-refractivity contribution < 1.29 is 13.9 Å². The van der Waals surface area contributed by atoms with Gasteiger partial charge in [0.1, 0.15) is 6.61 Å². The van der Waals surface area contributed by atoms with E-state index in [1.54, 1.807) is 7.11 Å². The molecular formula is C22H34N2O3Si. The van der Waals surface area contributed by atoms with Crippen LogP contribution in [0.15, 0.2) is 42.5 Å². The molecule has 0 aromatic heterocycles. The number of nitrogens with two attached hydrogens (primary N) is 2. The van der Waals surface area contributed by atoms with Gasteiger partial charge in [-0.05, 0) is 41.4 Å². The molecule has 0 saturated carbocycles. The number of hydrogen-bond donors (Lipinski definition) is 2. The molecule has 6 heteroatoms. The van der Waals surface area contributed by atoms with Crippen LogP contribution in [0.25, 0.3) is 0 Å². The highest BCUT2D eigenvalue weighted by Gasteiger charge is 2.39. The zero-order valence-corrected chi connectivity index (χ0v) is 18.9. The van der Waals surface area contributed by atoms with Crippen LogP contribution in [0.4, 0.5) is 5.69 Å². The van der Waals surface area contributed by atoms with Gasteiger partial charge in [0.25, 0.3) is 0 Å². The number of benzene rings is 2. The predicted octanol–water partition coefficient (Wildman–Crippen LogP) is 4.88. The van der Waals surface area contributed by atoms with E-state index in [1.807, 2.05) is 42.5 Å². The number of methoxy groups -OCH3 is 1. The number of ether oxygens (including phenoxy) is 2. The Balaban J connectivity index is 2.32. The molecule has 1 atom stereocenters. The largest absolute Gasteiger partial charge is 0.491 e. The molecule has 5 nitrogen and oxygen atoms in total. The van der Waals surface area contributed by atoms with Gasteiger partial charge in [-0.2, -0.15) is 0 Å². The van der Waals surface area contributed by atoms with Crippen LogP contribution in [-0.2, 0) is 11.0 Å². The van der Waals surface area contributed by atoms with Gasteiger partial charge in [0.2, 0.25) is 0 Å². The summed E-state index contributed by atoms with van der Waals surface area (Å²) in [6.07, 6.45) is -0.242. The quantitative estimate of drug-likeness (QED) is 0.486. The molecule has 0 aliphatic heterocycles. The minimum atomic E-state index is -1.99. The Morgan fingerprint density at radius 3 is 2.25 bits per heavy atom. The van der Waals surface area contributed by atoms with Gasteiger partial charge in [0.05, 0.1) is 18.9 Å². The molecule has 0 amide bonds. The van der Waals surface area contributed by atoms with E-state index in [9.17, 15) is 0 Å². The highest BCUT2D eigenvalue weighted by atomic mass is 28.4. The summed E-state index contributed by atoms with van der Waals surface area (Å²) in [5.74, 6) is 1.13. The van der Waals surface area contributed by atoms with Crippen LogP contribution in [0.1, 0.15) is 38.0 Å². The Bertz CT molecular complexity index is 773. The molecule has 2 aromatic carbocycles. The van der Waals surface area contributed by atoms with Gasteiger partial charge in [-0.25, -0.2) is 0 Å². The lowest BCUT2D eigenvalue weighted by Gasteiger charge is -2.39. The summed E-state index contributed by atoms with van der Waals surface area (Å²) in [5.41, 5.74) is 14.8. The van der Waals surface area contributed by atoms with Crippen molar-refractivity contribution in [1.82, 2.24) is 0 Å². The van der Waals surface area contributed by atoms with Crippen molar-refractivity contribution in [2.45, 2.75) is 51.6 Å². The summed E-state index contributed by atoms with van der Waals surface area (Å²) in [7, 11) is -0.402. The molecule has 0 fully saturated rings. The first-order valence-electron chi connectivity index (χ1n) is 9.61. The summed E-state index contributed by atoms with van der Waals surface area (Å²) in [6, 6.07) is 13.8. The molecule has 0 spiro atoms. The van der Waals surface area contributed by atoms with E-state index in [1.165, 1.54) is 0 Å². The Labute approximate surface area is 170 Å². The van der Waals surface area contributed by atoms with Crippen LogP contribution >= 0.6 is 0 Å². The van der Waals surface area contributed by atoms with E-state index < -0.39 is 8.32 Å². The van der Waals surface area contributed by atoms with Crippen LogP contribution in [0, 0.1) is 0 Å². The second kappa shape index (κ2) is 8.98.